The topological polar surface area (TPSA) is 34.5 Å². The number of methoxy groups -OCH3 is 1. The molecular weight excluding hydrogens is 347 g/mol. The van der Waals surface area contributed by atoms with Crippen LogP contribution in [0.4, 0.5) is 0 Å². The molecule has 0 N–H and O–H groups in total. The van der Waals surface area contributed by atoms with Crippen LogP contribution in [-0.4, -0.2) is 41.0 Å². The second-order valence-corrected chi connectivity index (χ2v) is 6.72. The SMILES string of the molecule is COCCN(Cc1cccn1Cc1cccc(Cl)c1)C(=O)[C@@H](C)Cl. The number of rotatable bonds is 8. The van der Waals surface area contributed by atoms with Crippen LogP contribution in [0.25, 0.3) is 0 Å². The van der Waals surface area contributed by atoms with Crippen molar-refractivity contribution in [2.24, 2.45) is 0 Å². The van der Waals surface area contributed by atoms with Crippen molar-refractivity contribution in [2.45, 2.75) is 25.4 Å². The monoisotopic (exact) mass is 368 g/mol. The summed E-state index contributed by atoms with van der Waals surface area (Å²) in [5, 5.41) is 0.160. The molecule has 0 bridgehead atoms. The van der Waals surface area contributed by atoms with Crippen LogP contribution < -0.4 is 0 Å². The van der Waals surface area contributed by atoms with Gasteiger partial charge in [0.15, 0.2) is 0 Å². The minimum Gasteiger partial charge on any atom is -0.383 e. The third kappa shape index (κ3) is 5.26. The summed E-state index contributed by atoms with van der Waals surface area (Å²) < 4.78 is 7.21. The normalized spacial score (nSPS) is 12.2. The molecule has 2 rings (SSSR count). The maximum atomic E-state index is 12.3. The van der Waals surface area contributed by atoms with Gasteiger partial charge in [-0.3, -0.25) is 4.79 Å². The molecule has 1 aromatic carbocycles. The molecule has 0 aliphatic carbocycles. The van der Waals surface area contributed by atoms with Gasteiger partial charge in [-0.25, -0.2) is 0 Å². The number of amides is 1. The molecule has 1 heterocycles. The van der Waals surface area contributed by atoms with E-state index in [-0.39, 0.29) is 5.91 Å². The minimum atomic E-state index is -0.557. The predicted octanol–water partition coefficient (Wildman–Crippen LogP) is 3.79. The average molecular weight is 369 g/mol. The first kappa shape index (κ1) is 18.8. The third-order valence-corrected chi connectivity index (χ3v) is 4.16. The molecule has 0 spiro atoms. The second-order valence-electron chi connectivity index (χ2n) is 5.63. The van der Waals surface area contributed by atoms with Gasteiger partial charge in [0.2, 0.25) is 5.91 Å². The Labute approximate surface area is 152 Å². The molecule has 130 valence electrons. The summed E-state index contributed by atoms with van der Waals surface area (Å²) in [7, 11) is 1.62. The van der Waals surface area contributed by atoms with E-state index in [4.69, 9.17) is 27.9 Å². The zero-order chi connectivity index (χ0) is 17.5. The van der Waals surface area contributed by atoms with Crippen LogP contribution in [-0.2, 0) is 22.6 Å². The van der Waals surface area contributed by atoms with Crippen LogP contribution in [0.1, 0.15) is 18.2 Å². The summed E-state index contributed by atoms with van der Waals surface area (Å²) >= 11 is 12.0. The maximum absolute atomic E-state index is 12.3. The van der Waals surface area contributed by atoms with Crippen molar-refractivity contribution in [3.8, 4) is 0 Å². The standard InChI is InChI=1S/C18H22Cl2N2O2/c1-14(19)18(23)22(9-10-24-2)13-17-7-4-8-21(17)12-15-5-3-6-16(20)11-15/h3-8,11,14H,9-10,12-13H2,1-2H3/t14-/m1/s1. The van der Waals surface area contributed by atoms with E-state index in [0.29, 0.717) is 31.3 Å². The second kappa shape index (κ2) is 9.11. The number of nitrogens with zero attached hydrogens (tertiary/aromatic N) is 2. The Morgan fingerprint density at radius 3 is 2.79 bits per heavy atom. The van der Waals surface area contributed by atoms with Gasteiger partial charge in [-0.1, -0.05) is 23.7 Å². The fraction of sp³-hybridized carbons (Fsp3) is 0.389. The summed E-state index contributed by atoms with van der Waals surface area (Å²) in [6.07, 6.45) is 2.00. The van der Waals surface area contributed by atoms with Crippen molar-refractivity contribution in [3.05, 3.63) is 58.9 Å². The first-order valence-electron chi connectivity index (χ1n) is 7.81. The van der Waals surface area contributed by atoms with Crippen molar-refractivity contribution in [1.82, 2.24) is 9.47 Å². The molecule has 0 radical (unpaired) electrons. The van der Waals surface area contributed by atoms with Gasteiger partial charge >= 0.3 is 0 Å². The quantitative estimate of drug-likeness (QED) is 0.664. The molecule has 0 fully saturated rings. The number of benzene rings is 1. The Kier molecular flexibility index (Phi) is 7.16. The lowest BCUT2D eigenvalue weighted by atomic mass is 10.2. The summed E-state index contributed by atoms with van der Waals surface area (Å²) in [5.74, 6) is -0.0933. The predicted molar refractivity (Wildman–Crippen MR) is 97.6 cm³/mol. The zero-order valence-electron chi connectivity index (χ0n) is 13.9. The number of hydrogen-bond donors (Lipinski definition) is 0. The molecule has 4 nitrogen and oxygen atoms in total. The van der Waals surface area contributed by atoms with Gasteiger partial charge in [-0.05, 0) is 36.8 Å². The van der Waals surface area contributed by atoms with E-state index in [9.17, 15) is 4.79 Å². The lowest BCUT2D eigenvalue weighted by molar-refractivity contribution is -0.131. The number of hydrogen-bond acceptors (Lipinski definition) is 2. The van der Waals surface area contributed by atoms with E-state index in [1.807, 2.05) is 42.6 Å². The molecule has 24 heavy (non-hydrogen) atoms. The zero-order valence-corrected chi connectivity index (χ0v) is 15.4. The van der Waals surface area contributed by atoms with Gasteiger partial charge in [0.1, 0.15) is 5.38 Å². The first-order valence-corrected chi connectivity index (χ1v) is 8.63. The van der Waals surface area contributed by atoms with Crippen molar-refractivity contribution < 1.29 is 9.53 Å². The largest absolute Gasteiger partial charge is 0.383 e. The van der Waals surface area contributed by atoms with E-state index >= 15 is 0 Å². The first-order chi connectivity index (χ1) is 11.5. The Hall–Kier alpha value is -1.49. The van der Waals surface area contributed by atoms with Crippen LogP contribution in [0, 0.1) is 0 Å². The highest BCUT2D eigenvalue weighted by Crippen LogP contribution is 2.15. The molecule has 6 heteroatoms. The Bertz CT molecular complexity index is 671. The molecule has 0 aliphatic heterocycles. The van der Waals surface area contributed by atoms with Crippen molar-refractivity contribution in [2.75, 3.05) is 20.3 Å². The number of aromatic nitrogens is 1. The lowest BCUT2D eigenvalue weighted by Crippen LogP contribution is -2.38. The Balaban J connectivity index is 2.13. The summed E-state index contributed by atoms with van der Waals surface area (Å²) in [5.41, 5.74) is 2.15. The Morgan fingerprint density at radius 2 is 2.12 bits per heavy atom. The van der Waals surface area contributed by atoms with E-state index in [1.54, 1.807) is 18.9 Å². The van der Waals surface area contributed by atoms with Gasteiger partial charge in [-0.15, -0.1) is 11.6 Å². The molecular formula is C18H22Cl2N2O2. The Morgan fingerprint density at radius 1 is 1.33 bits per heavy atom. The van der Waals surface area contributed by atoms with Crippen molar-refractivity contribution in [3.63, 3.8) is 0 Å². The maximum Gasteiger partial charge on any atom is 0.240 e. The van der Waals surface area contributed by atoms with E-state index in [1.165, 1.54) is 0 Å². The highest BCUT2D eigenvalue weighted by Gasteiger charge is 2.19. The number of halogens is 2. The van der Waals surface area contributed by atoms with Gasteiger partial charge in [0.25, 0.3) is 0 Å². The highest BCUT2D eigenvalue weighted by molar-refractivity contribution is 6.30. The molecule has 0 aliphatic rings. The number of ether oxygens (including phenoxy) is 1. The van der Waals surface area contributed by atoms with Crippen LogP contribution in [0.5, 0.6) is 0 Å². The summed E-state index contributed by atoms with van der Waals surface area (Å²) in [6.45, 7) is 3.87. The fourth-order valence-corrected chi connectivity index (χ4v) is 2.85. The molecule has 1 amide bonds. The number of alkyl halides is 1. The van der Waals surface area contributed by atoms with Crippen LogP contribution in [0.3, 0.4) is 0 Å². The smallest absolute Gasteiger partial charge is 0.240 e. The minimum absolute atomic E-state index is 0.0933. The van der Waals surface area contributed by atoms with Gasteiger partial charge in [0, 0.05) is 37.1 Å². The highest BCUT2D eigenvalue weighted by atomic mass is 35.5. The van der Waals surface area contributed by atoms with E-state index in [0.717, 1.165) is 11.3 Å². The summed E-state index contributed by atoms with van der Waals surface area (Å²) in [4.78, 5) is 14.0. The molecule has 1 atom stereocenters. The van der Waals surface area contributed by atoms with Crippen molar-refractivity contribution >= 4 is 29.1 Å². The van der Waals surface area contributed by atoms with E-state index in [2.05, 4.69) is 4.57 Å². The van der Waals surface area contributed by atoms with Gasteiger partial charge in [0.05, 0.1) is 13.2 Å². The van der Waals surface area contributed by atoms with Crippen LogP contribution >= 0.6 is 23.2 Å². The van der Waals surface area contributed by atoms with Crippen LogP contribution in [0.2, 0.25) is 5.02 Å². The lowest BCUT2D eigenvalue weighted by Gasteiger charge is -2.24. The van der Waals surface area contributed by atoms with Crippen molar-refractivity contribution in [1.29, 1.82) is 0 Å². The molecule has 2 aromatic rings. The fourth-order valence-electron chi connectivity index (χ4n) is 2.50. The van der Waals surface area contributed by atoms with Gasteiger partial charge in [-0.2, -0.15) is 0 Å². The molecule has 0 unspecified atom stereocenters. The van der Waals surface area contributed by atoms with Gasteiger partial charge < -0.3 is 14.2 Å². The molecule has 0 saturated heterocycles. The average Bonchev–Trinajstić information content (AvgIpc) is 2.97. The van der Waals surface area contributed by atoms with E-state index < -0.39 is 5.38 Å². The third-order valence-electron chi connectivity index (χ3n) is 3.74. The summed E-state index contributed by atoms with van der Waals surface area (Å²) in [6, 6.07) is 11.8. The molecule has 0 saturated carbocycles. The number of carbonyl (C=O) groups is 1. The van der Waals surface area contributed by atoms with Crippen LogP contribution in [0.15, 0.2) is 42.6 Å². The molecule has 1 aromatic heterocycles. The number of carbonyl (C=O) groups excluding carboxylic acids is 1.